The van der Waals surface area contributed by atoms with Gasteiger partial charge in [0.1, 0.15) is 0 Å². The van der Waals surface area contributed by atoms with Gasteiger partial charge in [-0.1, -0.05) is 50.1 Å². The van der Waals surface area contributed by atoms with Gasteiger partial charge >= 0.3 is 0 Å². The predicted molar refractivity (Wildman–Crippen MR) is 117 cm³/mol. The predicted octanol–water partition coefficient (Wildman–Crippen LogP) is 0.733. The Hall–Kier alpha value is -2.82. The summed E-state index contributed by atoms with van der Waals surface area (Å²) in [6.07, 6.45) is 8.75. The summed E-state index contributed by atoms with van der Waals surface area (Å²) in [5, 5.41) is 2.31. The molecule has 11 N–H and O–H groups in total. The van der Waals surface area contributed by atoms with Gasteiger partial charge in [0.25, 0.3) is 5.91 Å². The Morgan fingerprint density at radius 2 is 1.34 bits per heavy atom. The molecular weight excluding hydrogens is 396 g/mol. The van der Waals surface area contributed by atoms with Crippen LogP contribution in [0.15, 0.2) is 9.98 Å². The fourth-order valence-corrected chi connectivity index (χ4v) is 2.64. The lowest BCUT2D eigenvalue weighted by Crippen LogP contribution is -2.38. The quantitative estimate of drug-likeness (QED) is 0.159. The Morgan fingerprint density at radius 3 is 1.90 bits per heavy atom. The molecule has 0 radical (unpaired) electrons. The Morgan fingerprint density at radius 1 is 0.828 bits per heavy atom. The maximum Gasteiger partial charge on any atom is 0.280 e. The van der Waals surface area contributed by atoms with E-state index in [4.69, 9.17) is 40.3 Å². The van der Waals surface area contributed by atoms with Crippen molar-refractivity contribution < 1.29 is 4.79 Å². The van der Waals surface area contributed by atoms with Crippen molar-refractivity contribution in [2.75, 3.05) is 24.6 Å². The molecule has 0 atom stereocenters. The van der Waals surface area contributed by atoms with Gasteiger partial charge in [-0.05, 0) is 12.8 Å². The normalized spacial score (nSPS) is 11.3. The number of aliphatic imine (C=N–C) groups is 2. The van der Waals surface area contributed by atoms with Crippen LogP contribution in [-0.4, -0.2) is 40.9 Å². The van der Waals surface area contributed by atoms with Crippen LogP contribution in [0.25, 0.3) is 0 Å². The average Bonchev–Trinajstić information content (AvgIpc) is 2.65. The number of guanidine groups is 2. The molecule has 0 aromatic carbocycles. The van der Waals surface area contributed by atoms with Gasteiger partial charge in [-0.3, -0.25) is 20.1 Å². The molecule has 29 heavy (non-hydrogen) atoms. The van der Waals surface area contributed by atoms with E-state index in [1.54, 1.807) is 0 Å². The minimum atomic E-state index is -0.641. The summed E-state index contributed by atoms with van der Waals surface area (Å²) in [7, 11) is 0. The molecule has 0 spiro atoms. The fraction of sp³-hybridized carbons (Fsp3) is 0.588. The smallest absolute Gasteiger partial charge is 0.280 e. The van der Waals surface area contributed by atoms with Crippen LogP contribution in [0.3, 0.4) is 0 Å². The summed E-state index contributed by atoms with van der Waals surface area (Å²) < 4.78 is 0. The first-order chi connectivity index (χ1) is 13.8. The first-order valence-electron chi connectivity index (χ1n) is 9.56. The molecule has 0 saturated heterocycles. The van der Waals surface area contributed by atoms with Gasteiger partial charge < -0.3 is 28.7 Å². The number of hydrogen-bond donors (Lipinski definition) is 6. The third-order valence-corrected chi connectivity index (χ3v) is 4.28. The number of anilines is 2. The molecule has 0 fully saturated rings. The molecule has 0 bridgehead atoms. The summed E-state index contributed by atoms with van der Waals surface area (Å²) in [6.45, 7) is 1.22. The number of aromatic nitrogens is 2. The minimum Gasteiger partial charge on any atom is -0.382 e. The van der Waals surface area contributed by atoms with E-state index in [-0.39, 0.29) is 34.4 Å². The van der Waals surface area contributed by atoms with Crippen LogP contribution in [0.1, 0.15) is 61.9 Å². The first kappa shape index (κ1) is 24.2. The van der Waals surface area contributed by atoms with Crippen molar-refractivity contribution in [3.8, 4) is 0 Å². The van der Waals surface area contributed by atoms with Crippen molar-refractivity contribution in [3.05, 3.63) is 10.8 Å². The zero-order valence-corrected chi connectivity index (χ0v) is 17.3. The highest BCUT2D eigenvalue weighted by Crippen LogP contribution is 2.17. The monoisotopic (exact) mass is 426 g/mol. The van der Waals surface area contributed by atoms with Gasteiger partial charge in [-0.15, -0.1) is 0 Å². The molecular formula is C17H31ClN10O. The van der Waals surface area contributed by atoms with E-state index >= 15 is 0 Å². The van der Waals surface area contributed by atoms with Crippen molar-refractivity contribution in [1.82, 2.24) is 15.3 Å². The van der Waals surface area contributed by atoms with E-state index in [2.05, 4.69) is 25.3 Å². The second-order valence-corrected chi connectivity index (χ2v) is 6.85. The maximum atomic E-state index is 12.1. The fourth-order valence-electron chi connectivity index (χ4n) is 2.52. The number of unbranched alkanes of at least 4 members (excludes halogenated alkanes) is 7. The van der Waals surface area contributed by atoms with E-state index in [1.807, 2.05) is 0 Å². The lowest BCUT2D eigenvalue weighted by atomic mass is 10.1. The lowest BCUT2D eigenvalue weighted by molar-refractivity contribution is 0.0972. The van der Waals surface area contributed by atoms with Gasteiger partial charge in [0.15, 0.2) is 34.4 Å². The van der Waals surface area contributed by atoms with Gasteiger partial charge in [-0.2, -0.15) is 0 Å². The van der Waals surface area contributed by atoms with Crippen LogP contribution >= 0.6 is 11.6 Å². The highest BCUT2D eigenvalue weighted by atomic mass is 35.5. The van der Waals surface area contributed by atoms with Gasteiger partial charge in [0, 0.05) is 13.1 Å². The zero-order valence-electron chi connectivity index (χ0n) is 16.5. The molecule has 0 aliphatic heterocycles. The van der Waals surface area contributed by atoms with Crippen LogP contribution in [0.2, 0.25) is 5.15 Å². The standard InChI is InChI=1S/C17H31ClN10O/c18-12-14(20)27-13(19)11(26-12)15(29)28-17(23)25-10-8-6-4-2-1-3-5-7-9-24-16(21)22/h1-10H2,(H4,19,20,27)(H4,21,22,24)(H3,23,25,28,29). The summed E-state index contributed by atoms with van der Waals surface area (Å²) in [4.78, 5) is 27.7. The second-order valence-electron chi connectivity index (χ2n) is 6.49. The Labute approximate surface area is 175 Å². The SMILES string of the molecule is NC(N)=NCCCCCCCCCCN=C(N)NC(=O)c1nc(Cl)c(N)nc1N. The Balaban J connectivity index is 2.15. The van der Waals surface area contributed by atoms with E-state index < -0.39 is 5.91 Å². The summed E-state index contributed by atoms with van der Waals surface area (Å²) in [5.74, 6) is -0.676. The Bertz CT molecular complexity index is 718. The summed E-state index contributed by atoms with van der Waals surface area (Å²) >= 11 is 5.75. The number of carbonyl (C=O) groups excluding carboxylic acids is 1. The number of nitrogens with one attached hydrogen (secondary N) is 1. The molecule has 11 nitrogen and oxygen atoms in total. The van der Waals surface area contributed by atoms with Crippen molar-refractivity contribution in [2.24, 2.45) is 27.2 Å². The van der Waals surface area contributed by atoms with Crippen molar-refractivity contribution in [2.45, 2.75) is 51.4 Å². The van der Waals surface area contributed by atoms with Crippen molar-refractivity contribution >= 4 is 41.1 Å². The summed E-state index contributed by atoms with van der Waals surface area (Å²) in [5.41, 5.74) is 27.2. The highest BCUT2D eigenvalue weighted by Gasteiger charge is 2.16. The molecule has 1 rings (SSSR count). The van der Waals surface area contributed by atoms with Crippen LogP contribution in [-0.2, 0) is 0 Å². The average molecular weight is 427 g/mol. The molecule has 1 aromatic rings. The Kier molecular flexibility index (Phi) is 11.2. The van der Waals surface area contributed by atoms with Crippen LogP contribution in [0.4, 0.5) is 11.6 Å². The van der Waals surface area contributed by atoms with Crippen LogP contribution < -0.4 is 34.0 Å². The number of rotatable bonds is 12. The molecule has 1 amide bonds. The van der Waals surface area contributed by atoms with Crippen LogP contribution in [0, 0.1) is 0 Å². The number of amides is 1. The number of nitrogens with zero attached hydrogens (tertiary/aromatic N) is 4. The molecule has 0 aliphatic carbocycles. The minimum absolute atomic E-state index is 0.00933. The van der Waals surface area contributed by atoms with E-state index in [9.17, 15) is 4.79 Å². The molecule has 1 heterocycles. The topological polar surface area (TPSA) is 210 Å². The van der Waals surface area contributed by atoms with Gasteiger partial charge in [0.05, 0.1) is 0 Å². The summed E-state index contributed by atoms with van der Waals surface area (Å²) in [6, 6.07) is 0. The van der Waals surface area contributed by atoms with E-state index in [0.717, 1.165) is 32.1 Å². The maximum absolute atomic E-state index is 12.1. The largest absolute Gasteiger partial charge is 0.382 e. The van der Waals surface area contributed by atoms with Crippen LogP contribution in [0.5, 0.6) is 0 Å². The number of nitrogens with two attached hydrogens (primary N) is 5. The third-order valence-electron chi connectivity index (χ3n) is 4.00. The lowest BCUT2D eigenvalue weighted by Gasteiger charge is -2.07. The molecule has 0 unspecified atom stereocenters. The number of hydrogen-bond acceptors (Lipinski definition) is 7. The van der Waals surface area contributed by atoms with Crippen molar-refractivity contribution in [3.63, 3.8) is 0 Å². The molecule has 12 heteroatoms. The van der Waals surface area contributed by atoms with E-state index in [1.165, 1.54) is 19.3 Å². The molecule has 1 aromatic heterocycles. The molecule has 0 aliphatic rings. The van der Waals surface area contributed by atoms with Gasteiger partial charge in [0.2, 0.25) is 0 Å². The zero-order chi connectivity index (χ0) is 21.6. The van der Waals surface area contributed by atoms with Crippen molar-refractivity contribution in [1.29, 1.82) is 0 Å². The molecule has 162 valence electrons. The number of nitrogen functional groups attached to an aromatic ring is 2. The highest BCUT2D eigenvalue weighted by molar-refractivity contribution is 6.31. The number of carbonyl (C=O) groups is 1. The number of halogens is 1. The first-order valence-corrected chi connectivity index (χ1v) is 9.94. The van der Waals surface area contributed by atoms with E-state index in [0.29, 0.717) is 13.1 Å². The third kappa shape index (κ3) is 10.3. The van der Waals surface area contributed by atoms with Gasteiger partial charge in [-0.25, -0.2) is 9.97 Å². The molecule has 0 saturated carbocycles. The second kappa shape index (κ2) is 13.4.